The Hall–Kier alpha value is -3.67. The highest BCUT2D eigenvalue weighted by Crippen LogP contribution is 2.33. The molecule has 1 aromatic heterocycles. The number of aromatic nitrogens is 2. The van der Waals surface area contributed by atoms with Crippen LogP contribution in [0.15, 0.2) is 66.7 Å². The molecule has 6 nitrogen and oxygen atoms in total. The van der Waals surface area contributed by atoms with Gasteiger partial charge in [0.2, 0.25) is 0 Å². The summed E-state index contributed by atoms with van der Waals surface area (Å²) in [6.45, 7) is 1.50. The molecule has 0 spiro atoms. The Bertz CT molecular complexity index is 1170. The van der Waals surface area contributed by atoms with Crippen LogP contribution in [0.25, 0.3) is 22.4 Å². The van der Waals surface area contributed by atoms with E-state index in [0.717, 1.165) is 53.3 Å². The number of benzene rings is 3. The van der Waals surface area contributed by atoms with Crippen LogP contribution in [0.2, 0.25) is 0 Å². The maximum Gasteiger partial charge on any atom is 0.161 e. The summed E-state index contributed by atoms with van der Waals surface area (Å²) in [7, 11) is 4.94. The molecule has 0 saturated heterocycles. The fraction of sp³-hybridized carbons (Fsp3) is 0.269. The first-order valence-electron chi connectivity index (χ1n) is 10.7. The maximum absolute atomic E-state index is 5.87. The molecule has 4 rings (SSSR count). The van der Waals surface area contributed by atoms with Crippen molar-refractivity contribution in [3.63, 3.8) is 0 Å². The summed E-state index contributed by atoms with van der Waals surface area (Å²) in [4.78, 5) is 4.90. The molecule has 0 atom stereocenters. The highest BCUT2D eigenvalue weighted by molar-refractivity contribution is 5.81. The van der Waals surface area contributed by atoms with Gasteiger partial charge in [-0.3, -0.25) is 0 Å². The van der Waals surface area contributed by atoms with Crippen LogP contribution in [-0.2, 0) is 6.54 Å². The molecule has 0 aliphatic carbocycles. The summed E-state index contributed by atoms with van der Waals surface area (Å²) >= 11 is 0. The van der Waals surface area contributed by atoms with E-state index in [1.807, 2.05) is 60.7 Å². The van der Waals surface area contributed by atoms with Crippen LogP contribution in [0.3, 0.4) is 0 Å². The molecule has 0 aliphatic rings. The molecular formula is C26H28N2O4. The molecule has 0 N–H and O–H groups in total. The lowest BCUT2D eigenvalue weighted by Gasteiger charge is -2.12. The molecule has 0 saturated carbocycles. The fourth-order valence-corrected chi connectivity index (χ4v) is 3.73. The van der Waals surface area contributed by atoms with Gasteiger partial charge in [0.25, 0.3) is 0 Å². The summed E-state index contributed by atoms with van der Waals surface area (Å²) < 4.78 is 24.2. The molecule has 32 heavy (non-hydrogen) atoms. The first kappa shape index (κ1) is 21.6. The second-order valence-corrected chi connectivity index (χ2v) is 7.38. The molecular weight excluding hydrogens is 404 g/mol. The van der Waals surface area contributed by atoms with Gasteiger partial charge in [-0.25, -0.2) is 4.98 Å². The Labute approximate surface area is 188 Å². The first-order chi connectivity index (χ1) is 15.7. The van der Waals surface area contributed by atoms with Gasteiger partial charge >= 0.3 is 0 Å². The number of para-hydroxylation sites is 2. The highest BCUT2D eigenvalue weighted by atomic mass is 16.5. The monoisotopic (exact) mass is 432 g/mol. The van der Waals surface area contributed by atoms with Gasteiger partial charge in [-0.05, 0) is 67.4 Å². The number of nitrogens with zero attached hydrogens (tertiary/aromatic N) is 2. The third-order valence-corrected chi connectivity index (χ3v) is 5.40. The summed E-state index contributed by atoms with van der Waals surface area (Å²) in [5, 5.41) is 0. The molecule has 0 aliphatic heterocycles. The Morgan fingerprint density at radius 1 is 0.750 bits per heavy atom. The van der Waals surface area contributed by atoms with Crippen molar-refractivity contribution in [3.8, 4) is 34.4 Å². The molecule has 3 aromatic carbocycles. The molecule has 166 valence electrons. The van der Waals surface area contributed by atoms with Crippen LogP contribution in [0.5, 0.6) is 23.0 Å². The second-order valence-electron chi connectivity index (χ2n) is 7.38. The quantitative estimate of drug-likeness (QED) is 0.306. The molecule has 0 radical (unpaired) electrons. The minimum atomic E-state index is 0.657. The van der Waals surface area contributed by atoms with E-state index in [1.54, 1.807) is 21.3 Å². The number of hydrogen-bond donors (Lipinski definition) is 0. The molecule has 6 heteroatoms. The highest BCUT2D eigenvalue weighted by Gasteiger charge is 2.14. The van der Waals surface area contributed by atoms with Gasteiger partial charge in [-0.15, -0.1) is 0 Å². The molecule has 0 unspecified atom stereocenters. The second kappa shape index (κ2) is 10.1. The number of ether oxygens (including phenoxy) is 4. The van der Waals surface area contributed by atoms with Crippen molar-refractivity contribution >= 4 is 11.0 Å². The normalized spacial score (nSPS) is 10.8. The summed E-state index contributed by atoms with van der Waals surface area (Å²) in [5.41, 5.74) is 3.09. The average Bonchev–Trinajstić information content (AvgIpc) is 3.22. The fourth-order valence-electron chi connectivity index (χ4n) is 3.73. The van der Waals surface area contributed by atoms with Crippen molar-refractivity contribution in [1.82, 2.24) is 9.55 Å². The predicted molar refractivity (Wildman–Crippen MR) is 126 cm³/mol. The Balaban J connectivity index is 1.48. The molecule has 0 bridgehead atoms. The molecule has 1 heterocycles. The Kier molecular flexibility index (Phi) is 6.80. The van der Waals surface area contributed by atoms with E-state index in [0.29, 0.717) is 18.1 Å². The third-order valence-electron chi connectivity index (χ3n) is 5.40. The van der Waals surface area contributed by atoms with E-state index in [9.17, 15) is 0 Å². The van der Waals surface area contributed by atoms with Gasteiger partial charge in [0.1, 0.15) is 17.3 Å². The van der Waals surface area contributed by atoms with Crippen LogP contribution in [0, 0.1) is 0 Å². The van der Waals surface area contributed by atoms with Crippen LogP contribution < -0.4 is 18.9 Å². The maximum atomic E-state index is 5.87. The van der Waals surface area contributed by atoms with E-state index >= 15 is 0 Å². The first-order valence-corrected chi connectivity index (χ1v) is 10.7. The number of fused-ring (bicyclic) bond motifs is 1. The van der Waals surface area contributed by atoms with Crippen molar-refractivity contribution in [2.75, 3.05) is 27.9 Å². The topological polar surface area (TPSA) is 54.7 Å². The van der Waals surface area contributed by atoms with Crippen molar-refractivity contribution in [1.29, 1.82) is 0 Å². The van der Waals surface area contributed by atoms with Gasteiger partial charge < -0.3 is 23.5 Å². The molecule has 0 amide bonds. The Morgan fingerprint density at radius 3 is 2.25 bits per heavy atom. The van der Waals surface area contributed by atoms with Gasteiger partial charge in [-0.2, -0.15) is 0 Å². The van der Waals surface area contributed by atoms with E-state index in [2.05, 4.69) is 10.6 Å². The van der Waals surface area contributed by atoms with E-state index < -0.39 is 0 Å². The summed E-state index contributed by atoms with van der Waals surface area (Å²) in [5.74, 6) is 3.99. The number of methoxy groups -OCH3 is 3. The lowest BCUT2D eigenvalue weighted by molar-refractivity contribution is 0.303. The van der Waals surface area contributed by atoms with Crippen molar-refractivity contribution in [3.05, 3.63) is 66.7 Å². The van der Waals surface area contributed by atoms with Crippen LogP contribution in [0.1, 0.15) is 12.8 Å². The molecule has 4 aromatic rings. The average molecular weight is 433 g/mol. The number of hydrogen-bond acceptors (Lipinski definition) is 5. The smallest absolute Gasteiger partial charge is 0.161 e. The largest absolute Gasteiger partial charge is 0.497 e. The van der Waals surface area contributed by atoms with Crippen LogP contribution in [-0.4, -0.2) is 37.5 Å². The zero-order valence-electron chi connectivity index (χ0n) is 18.7. The standard InChI is InChI=1S/C26H28N2O4/c1-29-20-11-13-21(14-12-20)32-17-7-6-16-28-23-9-5-4-8-22(23)27-26(28)19-10-15-24(30-2)25(18-19)31-3/h4-5,8-15,18H,6-7,16-17H2,1-3H3. The van der Waals surface area contributed by atoms with Crippen molar-refractivity contribution < 1.29 is 18.9 Å². The predicted octanol–water partition coefficient (Wildman–Crippen LogP) is 5.59. The van der Waals surface area contributed by atoms with Crippen LogP contribution in [0.4, 0.5) is 0 Å². The lowest BCUT2D eigenvalue weighted by Crippen LogP contribution is -2.04. The number of unbranched alkanes of at least 4 members (excludes halogenated alkanes) is 1. The SMILES string of the molecule is COc1ccc(OCCCCn2c(-c3ccc(OC)c(OC)c3)nc3ccccc32)cc1. The number of imidazole rings is 1. The lowest BCUT2D eigenvalue weighted by atomic mass is 10.2. The number of rotatable bonds is 10. The van der Waals surface area contributed by atoms with Crippen LogP contribution >= 0.6 is 0 Å². The van der Waals surface area contributed by atoms with Crippen molar-refractivity contribution in [2.45, 2.75) is 19.4 Å². The number of aryl methyl sites for hydroxylation is 1. The minimum absolute atomic E-state index is 0.657. The minimum Gasteiger partial charge on any atom is -0.497 e. The third kappa shape index (κ3) is 4.64. The van der Waals surface area contributed by atoms with Gasteiger partial charge in [0, 0.05) is 12.1 Å². The van der Waals surface area contributed by atoms with Gasteiger partial charge in [-0.1, -0.05) is 12.1 Å². The zero-order valence-corrected chi connectivity index (χ0v) is 18.7. The summed E-state index contributed by atoms with van der Waals surface area (Å²) in [6, 6.07) is 21.8. The summed E-state index contributed by atoms with van der Waals surface area (Å²) in [6.07, 6.45) is 1.90. The van der Waals surface area contributed by atoms with E-state index in [1.165, 1.54) is 0 Å². The van der Waals surface area contributed by atoms with Gasteiger partial charge in [0.05, 0.1) is 39.0 Å². The Morgan fingerprint density at radius 2 is 1.50 bits per heavy atom. The zero-order chi connectivity index (χ0) is 22.3. The van der Waals surface area contributed by atoms with E-state index in [-0.39, 0.29) is 0 Å². The van der Waals surface area contributed by atoms with Gasteiger partial charge in [0.15, 0.2) is 11.5 Å². The van der Waals surface area contributed by atoms with E-state index in [4.69, 9.17) is 23.9 Å². The molecule has 0 fully saturated rings. The van der Waals surface area contributed by atoms with Crippen molar-refractivity contribution in [2.24, 2.45) is 0 Å².